The summed E-state index contributed by atoms with van der Waals surface area (Å²) in [5, 5.41) is 12.8. The van der Waals surface area contributed by atoms with Crippen molar-refractivity contribution in [2.24, 2.45) is 5.92 Å². The third-order valence-electron chi connectivity index (χ3n) is 4.67. The number of esters is 1. The Balaban J connectivity index is 1.38. The lowest BCUT2D eigenvalue weighted by molar-refractivity contribution is -0.125. The van der Waals surface area contributed by atoms with E-state index < -0.39 is 24.0 Å². The number of thiophene rings is 1. The lowest BCUT2D eigenvalue weighted by Crippen LogP contribution is -2.48. The fourth-order valence-corrected chi connectivity index (χ4v) is 4.87. The SMILES string of the molecule is C[C@@](C#N)(NC(=O)COC(=O)c1ccc(-c2nc3ccccc3s2)s1)C1CC1. The Bertz CT molecular complexity index is 1060. The number of hydrogen-bond acceptors (Lipinski definition) is 7. The number of nitriles is 1. The smallest absolute Gasteiger partial charge is 0.348 e. The quantitative estimate of drug-likeness (QED) is 0.619. The van der Waals surface area contributed by atoms with Crippen molar-refractivity contribution in [2.75, 3.05) is 6.61 Å². The Morgan fingerprint density at radius 1 is 1.29 bits per heavy atom. The van der Waals surface area contributed by atoms with Crippen molar-refractivity contribution in [1.82, 2.24) is 10.3 Å². The fourth-order valence-electron chi connectivity index (χ4n) is 2.95. The van der Waals surface area contributed by atoms with Gasteiger partial charge in [0, 0.05) is 0 Å². The van der Waals surface area contributed by atoms with E-state index in [0.717, 1.165) is 32.9 Å². The molecule has 28 heavy (non-hydrogen) atoms. The van der Waals surface area contributed by atoms with Gasteiger partial charge in [-0.25, -0.2) is 9.78 Å². The molecule has 8 heteroatoms. The maximum absolute atomic E-state index is 12.3. The van der Waals surface area contributed by atoms with Gasteiger partial charge in [-0.05, 0) is 49.9 Å². The van der Waals surface area contributed by atoms with Crippen molar-refractivity contribution in [3.05, 3.63) is 41.3 Å². The van der Waals surface area contributed by atoms with Crippen LogP contribution in [0.4, 0.5) is 0 Å². The molecule has 1 amide bonds. The van der Waals surface area contributed by atoms with Crippen LogP contribution in [0.15, 0.2) is 36.4 Å². The number of thiazole rings is 1. The van der Waals surface area contributed by atoms with Crippen molar-refractivity contribution >= 4 is 44.8 Å². The average molecular weight is 412 g/mol. The van der Waals surface area contributed by atoms with Gasteiger partial charge in [0.05, 0.1) is 21.2 Å². The largest absolute Gasteiger partial charge is 0.451 e. The van der Waals surface area contributed by atoms with E-state index in [1.54, 1.807) is 24.3 Å². The molecule has 4 rings (SSSR count). The normalized spacial score (nSPS) is 15.6. The number of nitrogens with one attached hydrogen (secondary N) is 1. The Labute approximate surface area is 169 Å². The molecular formula is C20H17N3O3S2. The Morgan fingerprint density at radius 2 is 2.07 bits per heavy atom. The molecule has 0 spiro atoms. The second kappa shape index (κ2) is 7.34. The number of amides is 1. The second-order valence-corrected chi connectivity index (χ2v) is 8.98. The number of carbonyl (C=O) groups is 2. The van der Waals surface area contributed by atoms with Gasteiger partial charge in [0.2, 0.25) is 0 Å². The summed E-state index contributed by atoms with van der Waals surface area (Å²) in [6, 6.07) is 13.5. The summed E-state index contributed by atoms with van der Waals surface area (Å²) in [5.74, 6) is -0.851. The van der Waals surface area contributed by atoms with Gasteiger partial charge >= 0.3 is 5.97 Å². The number of rotatable bonds is 6. The summed E-state index contributed by atoms with van der Waals surface area (Å²) in [5.41, 5.74) is 0.0276. The molecule has 1 N–H and O–H groups in total. The number of aromatic nitrogens is 1. The van der Waals surface area contributed by atoms with Crippen LogP contribution in [-0.2, 0) is 9.53 Å². The molecule has 1 fully saturated rings. The molecule has 0 bridgehead atoms. The number of hydrogen-bond donors (Lipinski definition) is 1. The van der Waals surface area contributed by atoms with Gasteiger partial charge in [-0.2, -0.15) is 5.26 Å². The molecule has 0 saturated heterocycles. The van der Waals surface area contributed by atoms with Crippen LogP contribution in [0.1, 0.15) is 29.4 Å². The topological polar surface area (TPSA) is 92.1 Å². The zero-order valence-electron chi connectivity index (χ0n) is 15.1. The average Bonchev–Trinajstić information content (AvgIpc) is 3.29. The van der Waals surface area contributed by atoms with Gasteiger partial charge in [0.15, 0.2) is 6.61 Å². The van der Waals surface area contributed by atoms with Gasteiger partial charge in [0.1, 0.15) is 15.4 Å². The number of carbonyl (C=O) groups excluding carboxylic acids is 2. The van der Waals surface area contributed by atoms with Gasteiger partial charge in [-0.1, -0.05) is 12.1 Å². The number of fused-ring (bicyclic) bond motifs is 1. The Kier molecular flexibility index (Phi) is 4.87. The molecule has 1 aromatic carbocycles. The summed E-state index contributed by atoms with van der Waals surface area (Å²) in [7, 11) is 0. The summed E-state index contributed by atoms with van der Waals surface area (Å²) in [6.07, 6.45) is 1.85. The van der Waals surface area contributed by atoms with E-state index in [1.807, 2.05) is 30.3 Å². The first-order chi connectivity index (χ1) is 13.5. The molecule has 0 unspecified atom stereocenters. The first-order valence-electron chi connectivity index (χ1n) is 8.84. The van der Waals surface area contributed by atoms with Crippen molar-refractivity contribution in [3.63, 3.8) is 0 Å². The number of para-hydroxylation sites is 1. The third-order valence-corrected chi connectivity index (χ3v) is 6.94. The molecule has 2 heterocycles. The molecule has 3 aromatic rings. The van der Waals surface area contributed by atoms with Crippen LogP contribution in [0.2, 0.25) is 0 Å². The molecule has 1 atom stereocenters. The standard InChI is InChI=1S/C20H17N3O3S2/c1-20(11-21,12-6-7-12)23-17(24)10-26-19(25)16-9-8-15(27-16)18-22-13-4-2-3-5-14(13)28-18/h2-5,8-9,12H,6-7,10H2,1H3,(H,23,24)/t20-/m0/s1. The first kappa shape index (κ1) is 18.6. The van der Waals surface area contributed by atoms with E-state index in [1.165, 1.54) is 11.3 Å². The Morgan fingerprint density at radius 3 is 2.79 bits per heavy atom. The first-order valence-corrected chi connectivity index (χ1v) is 10.5. The van der Waals surface area contributed by atoms with Crippen LogP contribution < -0.4 is 5.32 Å². The van der Waals surface area contributed by atoms with Crippen LogP contribution in [0.5, 0.6) is 0 Å². The zero-order valence-corrected chi connectivity index (χ0v) is 16.7. The van der Waals surface area contributed by atoms with Crippen molar-refractivity contribution in [3.8, 4) is 16.0 Å². The predicted octanol–water partition coefficient (Wildman–Crippen LogP) is 3.99. The van der Waals surface area contributed by atoms with Gasteiger partial charge in [-0.3, -0.25) is 4.79 Å². The van der Waals surface area contributed by atoms with Gasteiger partial charge in [-0.15, -0.1) is 22.7 Å². The van der Waals surface area contributed by atoms with E-state index >= 15 is 0 Å². The minimum atomic E-state index is -0.896. The third kappa shape index (κ3) is 3.77. The molecule has 2 aromatic heterocycles. The molecule has 6 nitrogen and oxygen atoms in total. The highest BCUT2D eigenvalue weighted by atomic mass is 32.1. The minimum absolute atomic E-state index is 0.172. The highest BCUT2D eigenvalue weighted by molar-refractivity contribution is 7.26. The molecular weight excluding hydrogens is 394 g/mol. The maximum atomic E-state index is 12.3. The van der Waals surface area contributed by atoms with Gasteiger partial charge < -0.3 is 10.1 Å². The molecule has 1 saturated carbocycles. The number of benzene rings is 1. The molecule has 142 valence electrons. The highest BCUT2D eigenvalue weighted by Gasteiger charge is 2.43. The van der Waals surface area contributed by atoms with Crippen molar-refractivity contribution in [1.29, 1.82) is 5.26 Å². The van der Waals surface area contributed by atoms with Gasteiger partial charge in [0.25, 0.3) is 5.91 Å². The van der Waals surface area contributed by atoms with Crippen LogP contribution in [0.25, 0.3) is 20.1 Å². The molecule has 0 radical (unpaired) electrons. The number of nitrogens with zero attached hydrogens (tertiary/aromatic N) is 2. The van der Waals surface area contributed by atoms with Crippen LogP contribution in [-0.4, -0.2) is 29.0 Å². The maximum Gasteiger partial charge on any atom is 0.348 e. The van der Waals surface area contributed by atoms with E-state index in [2.05, 4.69) is 16.4 Å². The van der Waals surface area contributed by atoms with Crippen molar-refractivity contribution in [2.45, 2.75) is 25.3 Å². The van der Waals surface area contributed by atoms with Crippen LogP contribution in [0.3, 0.4) is 0 Å². The van der Waals surface area contributed by atoms with E-state index in [-0.39, 0.29) is 5.92 Å². The van der Waals surface area contributed by atoms with Crippen LogP contribution >= 0.6 is 22.7 Å². The van der Waals surface area contributed by atoms with E-state index in [9.17, 15) is 14.9 Å². The summed E-state index contributed by atoms with van der Waals surface area (Å²) < 4.78 is 6.21. The second-order valence-electron chi connectivity index (χ2n) is 6.86. The number of ether oxygens (including phenoxy) is 1. The van der Waals surface area contributed by atoms with E-state index in [4.69, 9.17) is 4.74 Å². The molecule has 0 aliphatic heterocycles. The molecule has 1 aliphatic carbocycles. The molecule has 1 aliphatic rings. The monoisotopic (exact) mass is 411 g/mol. The van der Waals surface area contributed by atoms with Crippen LogP contribution in [0, 0.1) is 17.2 Å². The lowest BCUT2D eigenvalue weighted by Gasteiger charge is -2.22. The lowest BCUT2D eigenvalue weighted by atomic mass is 9.98. The van der Waals surface area contributed by atoms with E-state index in [0.29, 0.717) is 4.88 Å². The zero-order chi connectivity index (χ0) is 19.7. The van der Waals surface area contributed by atoms with Crippen molar-refractivity contribution < 1.29 is 14.3 Å². The Hall–Kier alpha value is -2.76. The predicted molar refractivity (Wildman–Crippen MR) is 108 cm³/mol. The summed E-state index contributed by atoms with van der Waals surface area (Å²) >= 11 is 2.85. The fraction of sp³-hybridized carbons (Fsp3) is 0.300. The summed E-state index contributed by atoms with van der Waals surface area (Å²) in [6.45, 7) is 1.30. The minimum Gasteiger partial charge on any atom is -0.451 e. The highest BCUT2D eigenvalue weighted by Crippen LogP contribution is 2.39. The summed E-state index contributed by atoms with van der Waals surface area (Å²) in [4.78, 5) is 30.2.